The largest absolute Gasteiger partial charge is 0.311 e. The van der Waals surface area contributed by atoms with Gasteiger partial charge < -0.3 is 10.2 Å². The number of carbonyl (C=O) groups is 1. The topological polar surface area (TPSA) is 32.3 Å². The van der Waals surface area contributed by atoms with Crippen LogP contribution in [0.25, 0.3) is 0 Å². The molecule has 0 aliphatic carbocycles. The highest BCUT2D eigenvalue weighted by molar-refractivity contribution is 5.96. The second-order valence-electron chi connectivity index (χ2n) is 5.53. The van der Waals surface area contributed by atoms with E-state index in [1.807, 2.05) is 23.1 Å². The summed E-state index contributed by atoms with van der Waals surface area (Å²) in [6, 6.07) is 8.14. The third kappa shape index (κ3) is 2.86. The Balaban J connectivity index is 2.03. The lowest BCUT2D eigenvalue weighted by Crippen LogP contribution is -2.44. The zero-order valence-corrected chi connectivity index (χ0v) is 10.8. The minimum absolute atomic E-state index is 0.0189. The van der Waals surface area contributed by atoms with Crippen LogP contribution in [-0.4, -0.2) is 24.5 Å². The molecule has 1 amide bonds. The number of rotatable bonds is 2. The Labute approximate surface area is 103 Å². The number of fused-ring (bicyclic) bond motifs is 1. The van der Waals surface area contributed by atoms with Gasteiger partial charge in [0.15, 0.2) is 0 Å². The van der Waals surface area contributed by atoms with Gasteiger partial charge in [-0.2, -0.15) is 0 Å². The van der Waals surface area contributed by atoms with Gasteiger partial charge in [-0.25, -0.2) is 0 Å². The van der Waals surface area contributed by atoms with Crippen molar-refractivity contribution < 1.29 is 4.79 Å². The van der Waals surface area contributed by atoms with Crippen LogP contribution >= 0.6 is 0 Å². The standard InChI is InChI=1S/C14H20N2O/c1-14(2,3)15-10-13(17)16-9-8-11-6-4-5-7-12(11)16/h4-7,15H,8-10H2,1-3H3. The molecule has 0 atom stereocenters. The van der Waals surface area contributed by atoms with Crippen molar-refractivity contribution in [1.29, 1.82) is 0 Å². The van der Waals surface area contributed by atoms with Gasteiger partial charge in [0, 0.05) is 17.8 Å². The van der Waals surface area contributed by atoms with Crippen molar-refractivity contribution in [1.82, 2.24) is 5.32 Å². The fraction of sp³-hybridized carbons (Fsp3) is 0.500. The van der Waals surface area contributed by atoms with E-state index in [-0.39, 0.29) is 11.4 Å². The molecule has 17 heavy (non-hydrogen) atoms. The number of amides is 1. The summed E-state index contributed by atoms with van der Waals surface area (Å²) in [5.74, 6) is 0.157. The molecule has 1 aromatic carbocycles. The molecule has 3 heteroatoms. The highest BCUT2D eigenvalue weighted by atomic mass is 16.2. The predicted octanol–water partition coefficient (Wildman–Crippen LogP) is 1.96. The number of hydrogen-bond acceptors (Lipinski definition) is 2. The smallest absolute Gasteiger partial charge is 0.240 e. The molecule has 3 nitrogen and oxygen atoms in total. The Morgan fingerprint density at radius 2 is 2.06 bits per heavy atom. The second kappa shape index (κ2) is 4.49. The average molecular weight is 232 g/mol. The molecular formula is C14H20N2O. The Morgan fingerprint density at radius 1 is 1.35 bits per heavy atom. The first-order valence-corrected chi connectivity index (χ1v) is 6.11. The summed E-state index contributed by atoms with van der Waals surface area (Å²) in [5, 5.41) is 3.24. The summed E-state index contributed by atoms with van der Waals surface area (Å²) >= 11 is 0. The second-order valence-corrected chi connectivity index (χ2v) is 5.53. The fourth-order valence-electron chi connectivity index (χ4n) is 2.03. The number of nitrogens with zero attached hydrogens (tertiary/aromatic N) is 1. The molecule has 2 rings (SSSR count). The summed E-state index contributed by atoms with van der Waals surface area (Å²) < 4.78 is 0. The molecular weight excluding hydrogens is 212 g/mol. The van der Waals surface area contributed by atoms with Gasteiger partial charge >= 0.3 is 0 Å². The number of hydrogen-bond donors (Lipinski definition) is 1. The van der Waals surface area contributed by atoms with Crippen molar-refractivity contribution in [2.75, 3.05) is 18.0 Å². The maximum Gasteiger partial charge on any atom is 0.240 e. The van der Waals surface area contributed by atoms with E-state index >= 15 is 0 Å². The van der Waals surface area contributed by atoms with Crippen LogP contribution in [0.4, 0.5) is 5.69 Å². The van der Waals surface area contributed by atoms with E-state index in [0.29, 0.717) is 6.54 Å². The summed E-state index contributed by atoms with van der Waals surface area (Å²) in [6.45, 7) is 7.41. The van der Waals surface area contributed by atoms with Gasteiger partial charge in [0.2, 0.25) is 5.91 Å². The Hall–Kier alpha value is -1.35. The zero-order valence-electron chi connectivity index (χ0n) is 10.8. The number of anilines is 1. The molecule has 1 N–H and O–H groups in total. The maximum atomic E-state index is 12.1. The molecule has 0 fully saturated rings. The lowest BCUT2D eigenvalue weighted by molar-refractivity contribution is -0.118. The van der Waals surface area contributed by atoms with Crippen molar-refractivity contribution in [2.45, 2.75) is 32.7 Å². The van der Waals surface area contributed by atoms with E-state index in [1.54, 1.807) is 0 Å². The molecule has 0 spiro atoms. The molecule has 92 valence electrons. The lowest BCUT2D eigenvalue weighted by atomic mass is 10.1. The summed E-state index contributed by atoms with van der Waals surface area (Å²) in [5.41, 5.74) is 2.33. The molecule has 0 unspecified atom stereocenters. The fourth-order valence-corrected chi connectivity index (χ4v) is 2.03. The molecule has 0 saturated carbocycles. The Morgan fingerprint density at radius 3 is 2.76 bits per heavy atom. The van der Waals surface area contributed by atoms with Gasteiger partial charge in [-0.3, -0.25) is 4.79 Å². The summed E-state index contributed by atoms with van der Waals surface area (Å²) in [7, 11) is 0. The molecule has 0 bridgehead atoms. The van der Waals surface area contributed by atoms with Crippen LogP contribution in [0.2, 0.25) is 0 Å². The minimum Gasteiger partial charge on any atom is -0.311 e. The van der Waals surface area contributed by atoms with Gasteiger partial charge in [-0.1, -0.05) is 18.2 Å². The highest BCUT2D eigenvalue weighted by Gasteiger charge is 2.24. The minimum atomic E-state index is -0.0189. The van der Waals surface area contributed by atoms with E-state index in [1.165, 1.54) is 5.56 Å². The molecule has 1 heterocycles. The van der Waals surface area contributed by atoms with Crippen molar-refractivity contribution in [3.8, 4) is 0 Å². The molecule has 0 aromatic heterocycles. The van der Waals surface area contributed by atoms with Gasteiger partial charge in [0.1, 0.15) is 0 Å². The number of carbonyl (C=O) groups excluding carboxylic acids is 1. The first-order chi connectivity index (χ1) is 7.97. The summed E-state index contributed by atoms with van der Waals surface area (Å²) in [6.07, 6.45) is 0.970. The molecule has 1 aromatic rings. The van der Waals surface area contributed by atoms with Crippen LogP contribution in [0.1, 0.15) is 26.3 Å². The predicted molar refractivity (Wildman–Crippen MR) is 70.3 cm³/mol. The van der Waals surface area contributed by atoms with E-state index in [9.17, 15) is 4.79 Å². The van der Waals surface area contributed by atoms with Gasteiger partial charge in [-0.05, 0) is 38.8 Å². The van der Waals surface area contributed by atoms with E-state index in [4.69, 9.17) is 0 Å². The van der Waals surface area contributed by atoms with Gasteiger partial charge in [0.05, 0.1) is 6.54 Å². The molecule has 0 radical (unpaired) electrons. The van der Waals surface area contributed by atoms with Gasteiger partial charge in [0.25, 0.3) is 0 Å². The number of benzene rings is 1. The lowest BCUT2D eigenvalue weighted by Gasteiger charge is -2.23. The monoisotopic (exact) mass is 232 g/mol. The normalized spacial score (nSPS) is 14.9. The maximum absolute atomic E-state index is 12.1. The van der Waals surface area contributed by atoms with Crippen molar-refractivity contribution in [3.63, 3.8) is 0 Å². The highest BCUT2D eigenvalue weighted by Crippen LogP contribution is 2.27. The van der Waals surface area contributed by atoms with E-state index < -0.39 is 0 Å². The van der Waals surface area contributed by atoms with Gasteiger partial charge in [-0.15, -0.1) is 0 Å². The van der Waals surface area contributed by atoms with Crippen LogP contribution < -0.4 is 10.2 Å². The molecule has 1 aliphatic rings. The van der Waals surface area contributed by atoms with Crippen LogP contribution in [0.3, 0.4) is 0 Å². The third-order valence-electron chi connectivity index (χ3n) is 2.96. The Kier molecular flexibility index (Phi) is 3.20. The van der Waals surface area contributed by atoms with Crippen LogP contribution in [-0.2, 0) is 11.2 Å². The van der Waals surface area contributed by atoms with Crippen LogP contribution in [0.5, 0.6) is 0 Å². The molecule has 1 aliphatic heterocycles. The third-order valence-corrected chi connectivity index (χ3v) is 2.96. The number of para-hydroxylation sites is 1. The number of nitrogens with one attached hydrogen (secondary N) is 1. The van der Waals surface area contributed by atoms with Crippen molar-refractivity contribution >= 4 is 11.6 Å². The zero-order chi connectivity index (χ0) is 12.5. The molecule has 0 saturated heterocycles. The first kappa shape index (κ1) is 12.1. The SMILES string of the molecule is CC(C)(C)NCC(=O)N1CCc2ccccc21. The van der Waals surface area contributed by atoms with E-state index in [0.717, 1.165) is 18.7 Å². The Bertz CT molecular complexity index is 420. The average Bonchev–Trinajstić information content (AvgIpc) is 2.68. The van der Waals surface area contributed by atoms with E-state index in [2.05, 4.69) is 32.2 Å². The van der Waals surface area contributed by atoms with Crippen LogP contribution in [0.15, 0.2) is 24.3 Å². The van der Waals surface area contributed by atoms with Crippen molar-refractivity contribution in [2.24, 2.45) is 0 Å². The van der Waals surface area contributed by atoms with Crippen molar-refractivity contribution in [3.05, 3.63) is 29.8 Å². The van der Waals surface area contributed by atoms with Crippen LogP contribution in [0, 0.1) is 0 Å². The quantitative estimate of drug-likeness (QED) is 0.845. The summed E-state index contributed by atoms with van der Waals surface area (Å²) in [4.78, 5) is 14.0. The first-order valence-electron chi connectivity index (χ1n) is 6.11.